The van der Waals surface area contributed by atoms with Crippen molar-refractivity contribution in [2.45, 2.75) is 32.1 Å². The number of methoxy groups -OCH3 is 1. The first kappa shape index (κ1) is 13.9. The summed E-state index contributed by atoms with van der Waals surface area (Å²) < 4.78 is 5.02. The predicted octanol–water partition coefficient (Wildman–Crippen LogP) is 2.91. The van der Waals surface area contributed by atoms with Gasteiger partial charge in [-0.15, -0.1) is 0 Å². The van der Waals surface area contributed by atoms with Gasteiger partial charge in [-0.2, -0.15) is 0 Å². The Labute approximate surface area is 123 Å². The summed E-state index contributed by atoms with van der Waals surface area (Å²) in [5.74, 6) is -0.618. The molecule has 2 fully saturated rings. The molecule has 1 aromatic rings. The lowest BCUT2D eigenvalue weighted by atomic mass is 10.0. The van der Waals surface area contributed by atoms with Crippen LogP contribution in [0.5, 0.6) is 5.75 Å². The zero-order valence-electron chi connectivity index (χ0n) is 12.0. The molecule has 0 aromatic heterocycles. The van der Waals surface area contributed by atoms with Gasteiger partial charge in [-0.1, -0.05) is 12.8 Å². The summed E-state index contributed by atoms with van der Waals surface area (Å²) in [6.07, 6.45) is 5.59. The minimum Gasteiger partial charge on any atom is -0.497 e. The second-order valence-corrected chi connectivity index (χ2v) is 6.03. The van der Waals surface area contributed by atoms with Gasteiger partial charge >= 0.3 is 5.97 Å². The maximum absolute atomic E-state index is 12.3. The van der Waals surface area contributed by atoms with Crippen molar-refractivity contribution in [1.29, 1.82) is 0 Å². The zero-order valence-corrected chi connectivity index (χ0v) is 12.0. The number of ether oxygens (including phenoxy) is 1. The van der Waals surface area contributed by atoms with Crippen molar-refractivity contribution in [1.82, 2.24) is 0 Å². The number of carboxylic acids is 1. The molecule has 5 heteroatoms. The number of aromatic carboxylic acids is 1. The van der Waals surface area contributed by atoms with Crippen LogP contribution in [-0.2, 0) is 4.79 Å². The van der Waals surface area contributed by atoms with Crippen molar-refractivity contribution in [3.63, 3.8) is 0 Å². The first-order chi connectivity index (χ1) is 10.1. The van der Waals surface area contributed by atoms with E-state index in [1.54, 1.807) is 12.1 Å². The van der Waals surface area contributed by atoms with Crippen LogP contribution in [0.25, 0.3) is 0 Å². The summed E-state index contributed by atoms with van der Waals surface area (Å²) in [6, 6.07) is 4.67. The molecule has 1 amide bonds. The van der Waals surface area contributed by atoms with Crippen molar-refractivity contribution in [3.05, 3.63) is 23.8 Å². The third-order valence-electron chi connectivity index (χ3n) is 4.82. The number of carboxylic acid groups (broad SMARTS) is 1. The number of benzene rings is 1. The minimum atomic E-state index is -1.07. The first-order valence-electron chi connectivity index (χ1n) is 7.28. The molecule has 5 nitrogen and oxygen atoms in total. The van der Waals surface area contributed by atoms with Crippen molar-refractivity contribution < 1.29 is 19.4 Å². The van der Waals surface area contributed by atoms with E-state index in [1.165, 1.54) is 26.0 Å². The second kappa shape index (κ2) is 5.06. The smallest absolute Gasteiger partial charge is 0.337 e. The topological polar surface area (TPSA) is 75.6 Å². The fraction of sp³-hybridized carbons (Fsp3) is 0.500. The maximum Gasteiger partial charge on any atom is 0.337 e. The highest BCUT2D eigenvalue weighted by molar-refractivity contribution is 6.02. The van der Waals surface area contributed by atoms with Crippen LogP contribution in [0.2, 0.25) is 0 Å². The summed E-state index contributed by atoms with van der Waals surface area (Å²) in [4.78, 5) is 23.6. The van der Waals surface area contributed by atoms with E-state index in [-0.39, 0.29) is 22.8 Å². The summed E-state index contributed by atoms with van der Waals surface area (Å²) in [6.45, 7) is 0. The molecule has 0 aliphatic heterocycles. The highest BCUT2D eigenvalue weighted by Crippen LogP contribution is 2.63. The molecule has 0 saturated heterocycles. The lowest BCUT2D eigenvalue weighted by Gasteiger charge is -2.12. The molecule has 2 aliphatic carbocycles. The molecule has 0 bridgehead atoms. The number of anilines is 1. The quantitative estimate of drug-likeness (QED) is 0.893. The third kappa shape index (κ3) is 2.48. The number of nitrogens with one attached hydrogen (secondary N) is 1. The number of hydrogen-bond donors (Lipinski definition) is 2. The van der Waals surface area contributed by atoms with Gasteiger partial charge in [0.1, 0.15) is 5.75 Å². The molecule has 0 heterocycles. The molecule has 2 saturated carbocycles. The van der Waals surface area contributed by atoms with Gasteiger partial charge in [0.25, 0.3) is 0 Å². The monoisotopic (exact) mass is 289 g/mol. The number of hydrogen-bond acceptors (Lipinski definition) is 3. The van der Waals surface area contributed by atoms with Crippen LogP contribution in [-0.4, -0.2) is 24.1 Å². The molecule has 112 valence electrons. The number of carbonyl (C=O) groups excluding carboxylic acids is 1. The van der Waals surface area contributed by atoms with Gasteiger partial charge in [0.2, 0.25) is 5.91 Å². The highest BCUT2D eigenvalue weighted by Gasteiger charge is 2.58. The van der Waals surface area contributed by atoms with Gasteiger partial charge in [-0.25, -0.2) is 4.79 Å². The molecule has 0 radical (unpaired) electrons. The van der Waals surface area contributed by atoms with Crippen LogP contribution < -0.4 is 10.1 Å². The van der Waals surface area contributed by atoms with Crippen LogP contribution in [0.15, 0.2) is 18.2 Å². The summed E-state index contributed by atoms with van der Waals surface area (Å²) in [7, 11) is 1.48. The Morgan fingerprint density at radius 1 is 1.33 bits per heavy atom. The summed E-state index contributed by atoms with van der Waals surface area (Å²) in [5, 5.41) is 12.0. The SMILES string of the molecule is COc1ccc(NC(=O)C2CC23CCCC3)c(C(=O)O)c1. The fourth-order valence-electron chi connectivity index (χ4n) is 3.51. The Hall–Kier alpha value is -2.04. The van der Waals surface area contributed by atoms with Gasteiger partial charge in [-0.3, -0.25) is 4.79 Å². The maximum atomic E-state index is 12.3. The Morgan fingerprint density at radius 3 is 2.67 bits per heavy atom. The van der Waals surface area contributed by atoms with Crippen LogP contribution in [0.3, 0.4) is 0 Å². The van der Waals surface area contributed by atoms with Gasteiger partial charge in [-0.05, 0) is 42.9 Å². The predicted molar refractivity (Wildman–Crippen MR) is 77.6 cm³/mol. The Morgan fingerprint density at radius 2 is 2.05 bits per heavy atom. The molecular weight excluding hydrogens is 270 g/mol. The van der Waals surface area contributed by atoms with E-state index in [0.717, 1.165) is 19.3 Å². The lowest BCUT2D eigenvalue weighted by Crippen LogP contribution is -2.19. The van der Waals surface area contributed by atoms with Crippen LogP contribution in [0.4, 0.5) is 5.69 Å². The number of rotatable bonds is 4. The first-order valence-corrected chi connectivity index (χ1v) is 7.28. The van der Waals surface area contributed by atoms with Gasteiger partial charge in [0.05, 0.1) is 18.4 Å². The van der Waals surface area contributed by atoms with E-state index in [4.69, 9.17) is 4.74 Å². The standard InChI is InChI=1S/C16H19NO4/c1-21-10-4-5-13(11(8-10)15(19)20)17-14(18)12-9-16(12)6-2-3-7-16/h4-5,8,12H,2-3,6-7,9H2,1H3,(H,17,18)(H,19,20). The average molecular weight is 289 g/mol. The largest absolute Gasteiger partial charge is 0.497 e. The normalized spacial score (nSPS) is 22.0. The summed E-state index contributed by atoms with van der Waals surface area (Å²) >= 11 is 0. The van der Waals surface area contributed by atoms with Crippen LogP contribution in [0, 0.1) is 11.3 Å². The van der Waals surface area contributed by atoms with Crippen molar-refractivity contribution in [3.8, 4) is 5.75 Å². The molecule has 2 aliphatic rings. The van der Waals surface area contributed by atoms with Crippen LogP contribution >= 0.6 is 0 Å². The minimum absolute atomic E-state index is 0.0451. The number of amides is 1. The average Bonchev–Trinajstić information content (AvgIpc) is 2.97. The van der Waals surface area contributed by atoms with Crippen LogP contribution in [0.1, 0.15) is 42.5 Å². The Balaban J connectivity index is 1.76. The van der Waals surface area contributed by atoms with Crippen molar-refractivity contribution in [2.75, 3.05) is 12.4 Å². The van der Waals surface area contributed by atoms with E-state index in [1.807, 2.05) is 0 Å². The van der Waals surface area contributed by atoms with E-state index in [2.05, 4.69) is 5.32 Å². The summed E-state index contributed by atoms with van der Waals surface area (Å²) in [5.41, 5.74) is 0.608. The van der Waals surface area contributed by atoms with Gasteiger partial charge in [0, 0.05) is 5.92 Å². The fourth-order valence-corrected chi connectivity index (χ4v) is 3.51. The van der Waals surface area contributed by atoms with E-state index < -0.39 is 5.97 Å². The third-order valence-corrected chi connectivity index (χ3v) is 4.82. The molecule has 3 rings (SSSR count). The molecule has 2 N–H and O–H groups in total. The molecule has 1 atom stereocenters. The van der Waals surface area contributed by atoms with E-state index in [9.17, 15) is 14.7 Å². The Bertz CT molecular complexity index is 590. The Kier molecular flexibility index (Phi) is 3.35. The van der Waals surface area contributed by atoms with Gasteiger partial charge in [0.15, 0.2) is 0 Å². The van der Waals surface area contributed by atoms with Crippen molar-refractivity contribution >= 4 is 17.6 Å². The number of carbonyl (C=O) groups is 2. The molecule has 1 spiro atoms. The van der Waals surface area contributed by atoms with Crippen molar-refractivity contribution in [2.24, 2.45) is 11.3 Å². The molecule has 1 unspecified atom stereocenters. The zero-order chi connectivity index (χ0) is 15.0. The lowest BCUT2D eigenvalue weighted by molar-refractivity contribution is -0.118. The van der Waals surface area contributed by atoms with Gasteiger partial charge < -0.3 is 15.2 Å². The van der Waals surface area contributed by atoms with E-state index in [0.29, 0.717) is 11.4 Å². The molecular formula is C16H19NO4. The highest BCUT2D eigenvalue weighted by atomic mass is 16.5. The molecule has 21 heavy (non-hydrogen) atoms. The molecule has 1 aromatic carbocycles. The van der Waals surface area contributed by atoms with E-state index >= 15 is 0 Å². The second-order valence-electron chi connectivity index (χ2n) is 6.03.